The Labute approximate surface area is 75.6 Å². The molecule has 4 nitrogen and oxygen atoms in total. The van der Waals surface area contributed by atoms with E-state index in [9.17, 15) is 9.90 Å². The van der Waals surface area contributed by atoms with Crippen molar-refractivity contribution in [1.29, 1.82) is 0 Å². The Hall–Kier alpha value is -1.71. The van der Waals surface area contributed by atoms with E-state index >= 15 is 0 Å². The monoisotopic (exact) mass is 178 g/mol. The second-order valence-corrected chi connectivity index (χ2v) is 3.05. The van der Waals surface area contributed by atoms with Crippen LogP contribution < -0.4 is 10.6 Å². The van der Waals surface area contributed by atoms with Gasteiger partial charge in [0.25, 0.3) is 0 Å². The number of carbonyl (C=O) groups is 1. The van der Waals surface area contributed by atoms with E-state index in [0.717, 1.165) is 0 Å². The van der Waals surface area contributed by atoms with Crippen molar-refractivity contribution in [2.45, 2.75) is 13.0 Å². The molecule has 0 saturated heterocycles. The van der Waals surface area contributed by atoms with Crippen molar-refractivity contribution in [3.8, 4) is 5.75 Å². The average Bonchev–Trinajstić information content (AvgIpc) is 2.09. The zero-order chi connectivity index (χ0) is 9.42. The second-order valence-electron chi connectivity index (χ2n) is 3.05. The third-order valence-corrected chi connectivity index (χ3v) is 2.05. The Morgan fingerprint density at radius 1 is 1.46 bits per heavy atom. The van der Waals surface area contributed by atoms with Gasteiger partial charge in [-0.15, -0.1) is 0 Å². The van der Waals surface area contributed by atoms with Crippen molar-refractivity contribution in [2.75, 3.05) is 10.6 Å². The average molecular weight is 178 g/mol. The SMILES string of the molecule is CC1Nc2c(O)cccc2NC1=O. The number of phenols is 1. The Morgan fingerprint density at radius 3 is 3.00 bits per heavy atom. The number of benzene rings is 1. The van der Waals surface area contributed by atoms with E-state index in [1.165, 1.54) is 0 Å². The number of anilines is 2. The first-order chi connectivity index (χ1) is 6.18. The van der Waals surface area contributed by atoms with Crippen molar-refractivity contribution < 1.29 is 9.90 Å². The molecule has 13 heavy (non-hydrogen) atoms. The summed E-state index contributed by atoms with van der Waals surface area (Å²) < 4.78 is 0. The van der Waals surface area contributed by atoms with Crippen molar-refractivity contribution in [2.24, 2.45) is 0 Å². The molecule has 1 amide bonds. The van der Waals surface area contributed by atoms with Crippen LogP contribution in [-0.4, -0.2) is 17.1 Å². The minimum atomic E-state index is -0.305. The molecule has 0 aromatic heterocycles. The summed E-state index contributed by atoms with van der Waals surface area (Å²) in [5.74, 6) is 0.0717. The molecule has 0 saturated carbocycles. The normalized spacial score (nSPS) is 20.1. The third-order valence-electron chi connectivity index (χ3n) is 2.05. The van der Waals surface area contributed by atoms with Crippen LogP contribution in [0.4, 0.5) is 11.4 Å². The van der Waals surface area contributed by atoms with E-state index in [-0.39, 0.29) is 17.7 Å². The lowest BCUT2D eigenvalue weighted by Crippen LogP contribution is -2.36. The maximum absolute atomic E-state index is 11.2. The summed E-state index contributed by atoms with van der Waals surface area (Å²) in [5, 5.41) is 15.1. The van der Waals surface area contributed by atoms with Crippen LogP contribution in [0.2, 0.25) is 0 Å². The molecule has 2 rings (SSSR count). The molecule has 4 heteroatoms. The molecule has 1 atom stereocenters. The highest BCUT2D eigenvalue weighted by Crippen LogP contribution is 2.34. The van der Waals surface area contributed by atoms with Gasteiger partial charge in [0.2, 0.25) is 5.91 Å². The summed E-state index contributed by atoms with van der Waals surface area (Å²) in [6, 6.07) is 4.70. The number of fused-ring (bicyclic) bond motifs is 1. The molecule has 0 aliphatic carbocycles. The van der Waals surface area contributed by atoms with Crippen LogP contribution in [0.5, 0.6) is 5.75 Å². The van der Waals surface area contributed by atoms with Crippen LogP contribution in [-0.2, 0) is 4.79 Å². The highest BCUT2D eigenvalue weighted by Gasteiger charge is 2.22. The minimum absolute atomic E-state index is 0.0851. The van der Waals surface area contributed by atoms with E-state index in [1.807, 2.05) is 0 Å². The summed E-state index contributed by atoms with van der Waals surface area (Å²) in [4.78, 5) is 11.2. The number of aromatic hydroxyl groups is 1. The number of amides is 1. The molecule has 1 heterocycles. The number of carbonyl (C=O) groups excluding carboxylic acids is 1. The fraction of sp³-hybridized carbons (Fsp3) is 0.222. The molecule has 3 N–H and O–H groups in total. The number of para-hydroxylation sites is 1. The van der Waals surface area contributed by atoms with Gasteiger partial charge in [0.05, 0.1) is 5.69 Å². The summed E-state index contributed by atoms with van der Waals surface area (Å²) >= 11 is 0. The largest absolute Gasteiger partial charge is 0.506 e. The standard InChI is InChI=1S/C9H10N2O2/c1-5-9(13)11-6-3-2-4-7(12)8(6)10-5/h2-5,10,12H,1H3,(H,11,13). The lowest BCUT2D eigenvalue weighted by atomic mass is 10.1. The Kier molecular flexibility index (Phi) is 1.62. The van der Waals surface area contributed by atoms with Gasteiger partial charge >= 0.3 is 0 Å². The van der Waals surface area contributed by atoms with Gasteiger partial charge in [-0.3, -0.25) is 4.79 Å². The predicted molar refractivity (Wildman–Crippen MR) is 49.8 cm³/mol. The summed E-state index contributed by atoms with van der Waals surface area (Å²) in [5.41, 5.74) is 1.22. The molecule has 0 fully saturated rings. The topological polar surface area (TPSA) is 61.4 Å². The van der Waals surface area contributed by atoms with E-state index in [1.54, 1.807) is 25.1 Å². The van der Waals surface area contributed by atoms with Crippen LogP contribution in [0.25, 0.3) is 0 Å². The van der Waals surface area contributed by atoms with Gasteiger partial charge in [-0.2, -0.15) is 0 Å². The maximum Gasteiger partial charge on any atom is 0.246 e. The number of phenolic OH excluding ortho intramolecular Hbond substituents is 1. The van der Waals surface area contributed by atoms with E-state index in [4.69, 9.17) is 0 Å². The first-order valence-corrected chi connectivity index (χ1v) is 4.08. The van der Waals surface area contributed by atoms with Crippen LogP contribution in [0, 0.1) is 0 Å². The Morgan fingerprint density at radius 2 is 2.23 bits per heavy atom. The molecular weight excluding hydrogens is 168 g/mol. The van der Waals surface area contributed by atoms with Crippen LogP contribution in [0.1, 0.15) is 6.92 Å². The highest BCUT2D eigenvalue weighted by molar-refractivity contribution is 6.03. The number of hydrogen-bond acceptors (Lipinski definition) is 3. The maximum atomic E-state index is 11.2. The number of hydrogen-bond donors (Lipinski definition) is 3. The molecule has 1 unspecified atom stereocenters. The molecular formula is C9H10N2O2. The number of rotatable bonds is 0. The van der Waals surface area contributed by atoms with Gasteiger partial charge in [-0.05, 0) is 19.1 Å². The van der Waals surface area contributed by atoms with Crippen LogP contribution in [0.3, 0.4) is 0 Å². The van der Waals surface area contributed by atoms with Gasteiger partial charge in [0.1, 0.15) is 17.5 Å². The van der Waals surface area contributed by atoms with Crippen molar-refractivity contribution >= 4 is 17.3 Å². The van der Waals surface area contributed by atoms with Crippen LogP contribution in [0.15, 0.2) is 18.2 Å². The van der Waals surface area contributed by atoms with Crippen molar-refractivity contribution in [3.63, 3.8) is 0 Å². The summed E-state index contributed by atoms with van der Waals surface area (Å²) in [6.45, 7) is 1.74. The lowest BCUT2D eigenvalue weighted by Gasteiger charge is -2.24. The van der Waals surface area contributed by atoms with Gasteiger partial charge in [-0.1, -0.05) is 6.07 Å². The van der Waals surface area contributed by atoms with Crippen molar-refractivity contribution in [1.82, 2.24) is 0 Å². The zero-order valence-electron chi connectivity index (χ0n) is 7.16. The van der Waals surface area contributed by atoms with Gasteiger partial charge in [-0.25, -0.2) is 0 Å². The smallest absolute Gasteiger partial charge is 0.246 e. The molecule has 1 aliphatic heterocycles. The molecule has 1 aromatic carbocycles. The molecule has 0 spiro atoms. The van der Waals surface area contributed by atoms with Gasteiger partial charge in [0, 0.05) is 0 Å². The molecule has 1 aromatic rings. The minimum Gasteiger partial charge on any atom is -0.506 e. The highest BCUT2D eigenvalue weighted by atomic mass is 16.3. The fourth-order valence-corrected chi connectivity index (χ4v) is 1.32. The van der Waals surface area contributed by atoms with Gasteiger partial charge < -0.3 is 15.7 Å². The summed E-state index contributed by atoms with van der Waals surface area (Å²) in [6.07, 6.45) is 0. The van der Waals surface area contributed by atoms with E-state index in [0.29, 0.717) is 11.4 Å². The lowest BCUT2D eigenvalue weighted by molar-refractivity contribution is -0.116. The first kappa shape index (κ1) is 7.91. The van der Waals surface area contributed by atoms with E-state index in [2.05, 4.69) is 10.6 Å². The van der Waals surface area contributed by atoms with E-state index < -0.39 is 0 Å². The van der Waals surface area contributed by atoms with Crippen LogP contribution >= 0.6 is 0 Å². The molecule has 1 aliphatic rings. The zero-order valence-corrected chi connectivity index (χ0v) is 7.16. The molecule has 68 valence electrons. The second kappa shape index (κ2) is 2.65. The summed E-state index contributed by atoms with van der Waals surface area (Å²) in [7, 11) is 0. The molecule has 0 bridgehead atoms. The third kappa shape index (κ3) is 1.20. The fourth-order valence-electron chi connectivity index (χ4n) is 1.32. The Balaban J connectivity index is 2.48. The quantitative estimate of drug-likeness (QED) is 0.522. The first-order valence-electron chi connectivity index (χ1n) is 4.08. The molecule has 0 radical (unpaired) electrons. The Bertz CT molecular complexity index is 363. The van der Waals surface area contributed by atoms with Crippen molar-refractivity contribution in [3.05, 3.63) is 18.2 Å². The number of nitrogens with one attached hydrogen (secondary N) is 2. The van der Waals surface area contributed by atoms with Gasteiger partial charge in [0.15, 0.2) is 0 Å². The predicted octanol–water partition coefficient (Wildman–Crippen LogP) is 1.14.